The summed E-state index contributed by atoms with van der Waals surface area (Å²) in [6, 6.07) is 2.80. The molecule has 16 heavy (non-hydrogen) atoms. The summed E-state index contributed by atoms with van der Waals surface area (Å²) >= 11 is 0. The monoisotopic (exact) mass is 226 g/mol. The molecule has 1 aliphatic rings. The summed E-state index contributed by atoms with van der Waals surface area (Å²) in [7, 11) is 1.19. The third-order valence-corrected chi connectivity index (χ3v) is 2.17. The number of ether oxygens (including phenoxy) is 3. The number of carbonyl (C=O) groups excluding carboxylic acids is 1. The van der Waals surface area contributed by atoms with Gasteiger partial charge in [0.25, 0.3) is 0 Å². The first-order chi connectivity index (χ1) is 7.44. The van der Waals surface area contributed by atoms with Crippen LogP contribution in [0.4, 0.5) is 4.39 Å². The predicted octanol–water partition coefficient (Wildman–Crippen LogP) is 2.12. The van der Waals surface area contributed by atoms with Gasteiger partial charge in [0, 0.05) is 13.8 Å². The first-order valence-corrected chi connectivity index (χ1v) is 4.73. The molecule has 0 N–H and O–H groups in total. The third-order valence-electron chi connectivity index (χ3n) is 2.17. The van der Waals surface area contributed by atoms with Gasteiger partial charge in [-0.05, 0) is 12.1 Å². The molecule has 0 saturated carbocycles. The molecule has 2 rings (SSSR count). The van der Waals surface area contributed by atoms with Gasteiger partial charge in [-0.15, -0.1) is 0 Å². The van der Waals surface area contributed by atoms with Crippen LogP contribution < -0.4 is 9.47 Å². The maximum absolute atomic E-state index is 13.8. The Morgan fingerprint density at radius 3 is 2.69 bits per heavy atom. The molecule has 0 saturated heterocycles. The van der Waals surface area contributed by atoms with E-state index in [4.69, 9.17) is 9.47 Å². The van der Waals surface area contributed by atoms with E-state index in [0.29, 0.717) is 0 Å². The number of hydrogen-bond donors (Lipinski definition) is 0. The topological polar surface area (TPSA) is 44.8 Å². The van der Waals surface area contributed by atoms with Gasteiger partial charge in [-0.1, -0.05) is 0 Å². The van der Waals surface area contributed by atoms with Crippen molar-refractivity contribution >= 4 is 5.97 Å². The van der Waals surface area contributed by atoms with Crippen LogP contribution in [0.5, 0.6) is 11.5 Å². The van der Waals surface area contributed by atoms with Gasteiger partial charge in [0.15, 0.2) is 11.6 Å². The van der Waals surface area contributed by atoms with E-state index in [0.717, 1.165) is 0 Å². The van der Waals surface area contributed by atoms with Gasteiger partial charge in [-0.2, -0.15) is 0 Å². The second kappa shape index (κ2) is 3.37. The minimum Gasteiger partial charge on any atom is -0.465 e. The molecular formula is C11H11FO4. The number of rotatable bonds is 1. The molecule has 0 bridgehead atoms. The van der Waals surface area contributed by atoms with Crippen molar-refractivity contribution in [3.05, 3.63) is 23.5 Å². The average molecular weight is 226 g/mol. The number of fused-ring (bicyclic) bond motifs is 1. The summed E-state index contributed by atoms with van der Waals surface area (Å²) < 4.78 is 28.9. The summed E-state index contributed by atoms with van der Waals surface area (Å²) in [5.74, 6) is -2.18. The summed E-state index contributed by atoms with van der Waals surface area (Å²) in [5.41, 5.74) is -0.164. The zero-order valence-corrected chi connectivity index (χ0v) is 9.17. The van der Waals surface area contributed by atoms with Crippen LogP contribution in [0.1, 0.15) is 24.2 Å². The van der Waals surface area contributed by atoms with Crippen LogP contribution in [0.25, 0.3) is 0 Å². The van der Waals surface area contributed by atoms with Crippen LogP contribution in [-0.2, 0) is 4.74 Å². The Balaban J connectivity index is 2.48. The molecule has 0 aliphatic carbocycles. The zero-order chi connectivity index (χ0) is 11.9. The van der Waals surface area contributed by atoms with Gasteiger partial charge < -0.3 is 14.2 Å². The summed E-state index contributed by atoms with van der Waals surface area (Å²) in [5, 5.41) is 0. The van der Waals surface area contributed by atoms with Crippen LogP contribution in [0.15, 0.2) is 12.1 Å². The van der Waals surface area contributed by atoms with Crippen molar-refractivity contribution in [1.29, 1.82) is 0 Å². The molecule has 4 nitrogen and oxygen atoms in total. The van der Waals surface area contributed by atoms with Gasteiger partial charge in [0.1, 0.15) is 0 Å². The second-order valence-electron chi connectivity index (χ2n) is 3.85. The van der Waals surface area contributed by atoms with E-state index >= 15 is 0 Å². The third kappa shape index (κ3) is 1.58. The Morgan fingerprint density at radius 2 is 2.06 bits per heavy atom. The van der Waals surface area contributed by atoms with E-state index in [1.54, 1.807) is 13.8 Å². The fraction of sp³-hybridized carbons (Fsp3) is 0.364. The Morgan fingerprint density at radius 1 is 1.38 bits per heavy atom. The maximum atomic E-state index is 13.8. The lowest BCUT2D eigenvalue weighted by Crippen LogP contribution is -2.29. The number of carbonyl (C=O) groups is 1. The van der Waals surface area contributed by atoms with Crippen LogP contribution in [-0.4, -0.2) is 18.9 Å². The van der Waals surface area contributed by atoms with Gasteiger partial charge in [-0.3, -0.25) is 0 Å². The number of hydrogen-bond acceptors (Lipinski definition) is 4. The molecule has 0 aromatic heterocycles. The molecule has 0 radical (unpaired) electrons. The van der Waals surface area contributed by atoms with Gasteiger partial charge in [-0.25, -0.2) is 9.18 Å². The maximum Gasteiger partial charge on any atom is 0.340 e. The van der Waals surface area contributed by atoms with Gasteiger partial charge >= 0.3 is 5.97 Å². The normalized spacial score (nSPS) is 16.0. The summed E-state index contributed by atoms with van der Waals surface area (Å²) in [6.07, 6.45) is 0. The molecule has 0 spiro atoms. The molecular weight excluding hydrogens is 215 g/mol. The van der Waals surface area contributed by atoms with E-state index in [1.165, 1.54) is 19.2 Å². The highest BCUT2D eigenvalue weighted by molar-refractivity contribution is 5.90. The van der Waals surface area contributed by atoms with Gasteiger partial charge in [0.05, 0.1) is 12.7 Å². The van der Waals surface area contributed by atoms with Crippen LogP contribution in [0, 0.1) is 5.82 Å². The Hall–Kier alpha value is -1.78. The van der Waals surface area contributed by atoms with Crippen molar-refractivity contribution in [1.82, 2.24) is 0 Å². The first kappa shape index (κ1) is 10.7. The minimum absolute atomic E-state index is 0.0482. The molecule has 1 aliphatic heterocycles. The number of halogens is 1. The fourth-order valence-corrected chi connectivity index (χ4v) is 1.51. The van der Waals surface area contributed by atoms with E-state index in [1.807, 2.05) is 0 Å². The Bertz CT molecular complexity index is 454. The highest BCUT2D eigenvalue weighted by Gasteiger charge is 2.35. The smallest absolute Gasteiger partial charge is 0.340 e. The fourth-order valence-electron chi connectivity index (χ4n) is 1.51. The predicted molar refractivity (Wildman–Crippen MR) is 53.1 cm³/mol. The van der Waals surface area contributed by atoms with Crippen molar-refractivity contribution in [3.8, 4) is 11.5 Å². The summed E-state index contributed by atoms with van der Waals surface area (Å²) in [4.78, 5) is 11.2. The van der Waals surface area contributed by atoms with Crippen molar-refractivity contribution in [2.75, 3.05) is 7.11 Å². The molecule has 0 atom stereocenters. The average Bonchev–Trinajstić information content (AvgIpc) is 2.53. The Labute approximate surface area is 91.9 Å². The van der Waals surface area contributed by atoms with Crippen molar-refractivity contribution in [2.24, 2.45) is 0 Å². The number of esters is 1. The molecule has 5 heteroatoms. The highest BCUT2D eigenvalue weighted by Crippen LogP contribution is 2.42. The highest BCUT2D eigenvalue weighted by atomic mass is 19.1. The van der Waals surface area contributed by atoms with Crippen LogP contribution in [0.2, 0.25) is 0 Å². The number of benzene rings is 1. The molecule has 1 heterocycles. The van der Waals surface area contributed by atoms with Gasteiger partial charge in [0.2, 0.25) is 11.5 Å². The zero-order valence-electron chi connectivity index (χ0n) is 9.17. The Kier molecular flexibility index (Phi) is 2.26. The number of methoxy groups -OCH3 is 1. The SMILES string of the molecule is COC(=O)c1ccc2c(c1F)OC(C)(C)O2. The van der Waals surface area contributed by atoms with E-state index in [-0.39, 0.29) is 17.1 Å². The lowest BCUT2D eigenvalue weighted by molar-refractivity contribution is -0.0445. The minimum atomic E-state index is -0.919. The molecule has 0 unspecified atom stereocenters. The standard InChI is InChI=1S/C11H11FO4/c1-11(2)15-7-5-4-6(10(13)14-3)8(12)9(7)16-11/h4-5H,1-3H3. The molecule has 1 aromatic rings. The van der Waals surface area contributed by atoms with Crippen molar-refractivity contribution in [2.45, 2.75) is 19.6 Å². The second-order valence-corrected chi connectivity index (χ2v) is 3.85. The molecule has 1 aromatic carbocycles. The van der Waals surface area contributed by atoms with E-state index in [9.17, 15) is 9.18 Å². The molecule has 0 fully saturated rings. The lowest BCUT2D eigenvalue weighted by Gasteiger charge is -2.16. The first-order valence-electron chi connectivity index (χ1n) is 4.73. The largest absolute Gasteiger partial charge is 0.465 e. The van der Waals surface area contributed by atoms with Crippen LogP contribution >= 0.6 is 0 Å². The van der Waals surface area contributed by atoms with E-state index < -0.39 is 17.6 Å². The molecule has 86 valence electrons. The molecule has 0 amide bonds. The van der Waals surface area contributed by atoms with Crippen LogP contribution in [0.3, 0.4) is 0 Å². The lowest BCUT2D eigenvalue weighted by atomic mass is 10.2. The van der Waals surface area contributed by atoms with Crippen molar-refractivity contribution in [3.63, 3.8) is 0 Å². The quantitative estimate of drug-likeness (QED) is 0.688. The summed E-state index contributed by atoms with van der Waals surface area (Å²) in [6.45, 7) is 3.31. The van der Waals surface area contributed by atoms with E-state index in [2.05, 4.69) is 4.74 Å². The van der Waals surface area contributed by atoms with Crippen molar-refractivity contribution < 1.29 is 23.4 Å².